The standard InChI is InChI=1S/C8H16N2O3S/c1-7-3-2-4-8(11)10(7)5-6-14(9,12)13/h7H,2-6H2,1H3,(H2,9,12,13). The molecule has 1 aliphatic rings. The summed E-state index contributed by atoms with van der Waals surface area (Å²) in [5, 5.41) is 4.88. The van der Waals surface area contributed by atoms with E-state index in [0.717, 1.165) is 12.8 Å². The Hall–Kier alpha value is -0.620. The second-order valence-corrected chi connectivity index (χ2v) is 5.43. The molecule has 1 rings (SSSR count). The maximum atomic E-state index is 11.4. The van der Waals surface area contributed by atoms with Crippen LogP contribution in [0, 0.1) is 0 Å². The summed E-state index contributed by atoms with van der Waals surface area (Å²) in [5.74, 6) is -0.115. The Labute approximate surface area is 84.3 Å². The quantitative estimate of drug-likeness (QED) is 0.707. The van der Waals surface area contributed by atoms with Gasteiger partial charge in [0, 0.05) is 19.0 Å². The van der Waals surface area contributed by atoms with Gasteiger partial charge < -0.3 is 4.90 Å². The number of carbonyl (C=O) groups excluding carboxylic acids is 1. The molecule has 0 aromatic heterocycles. The minimum atomic E-state index is -3.46. The zero-order valence-electron chi connectivity index (χ0n) is 8.27. The molecule has 0 spiro atoms. The van der Waals surface area contributed by atoms with Crippen molar-refractivity contribution in [1.82, 2.24) is 4.90 Å². The van der Waals surface area contributed by atoms with Gasteiger partial charge in [-0.2, -0.15) is 0 Å². The molecule has 1 heterocycles. The molecule has 1 atom stereocenters. The van der Waals surface area contributed by atoms with Crippen LogP contribution >= 0.6 is 0 Å². The van der Waals surface area contributed by atoms with Crippen LogP contribution in [0.15, 0.2) is 0 Å². The molecule has 1 saturated heterocycles. The van der Waals surface area contributed by atoms with Gasteiger partial charge in [0.05, 0.1) is 5.75 Å². The van der Waals surface area contributed by atoms with Crippen molar-refractivity contribution in [3.8, 4) is 0 Å². The number of hydrogen-bond donors (Lipinski definition) is 1. The van der Waals surface area contributed by atoms with Gasteiger partial charge in [0.1, 0.15) is 0 Å². The minimum Gasteiger partial charge on any atom is -0.339 e. The molecule has 0 aliphatic carbocycles. The molecule has 6 heteroatoms. The lowest BCUT2D eigenvalue weighted by atomic mass is 10.0. The van der Waals surface area contributed by atoms with Gasteiger partial charge in [-0.3, -0.25) is 4.79 Å². The Morgan fingerprint density at radius 3 is 2.71 bits per heavy atom. The average Bonchev–Trinajstić information content (AvgIpc) is 2.01. The van der Waals surface area contributed by atoms with Crippen molar-refractivity contribution in [2.75, 3.05) is 12.3 Å². The van der Waals surface area contributed by atoms with Gasteiger partial charge >= 0.3 is 0 Å². The fraction of sp³-hybridized carbons (Fsp3) is 0.875. The van der Waals surface area contributed by atoms with Gasteiger partial charge in [-0.1, -0.05) is 0 Å². The van der Waals surface area contributed by atoms with Crippen LogP contribution in [0.3, 0.4) is 0 Å². The Bertz CT molecular complexity index is 313. The predicted octanol–water partition coefficient (Wildman–Crippen LogP) is -0.324. The van der Waals surface area contributed by atoms with Crippen molar-refractivity contribution in [3.05, 3.63) is 0 Å². The molecule has 0 saturated carbocycles. The lowest BCUT2D eigenvalue weighted by Gasteiger charge is -2.33. The predicted molar refractivity (Wildman–Crippen MR) is 53.0 cm³/mol. The highest BCUT2D eigenvalue weighted by Crippen LogP contribution is 2.17. The number of sulfonamides is 1. The third-order valence-electron chi connectivity index (χ3n) is 2.48. The normalized spacial score (nSPS) is 24.0. The van der Waals surface area contributed by atoms with Crippen LogP contribution in [-0.2, 0) is 14.8 Å². The summed E-state index contributed by atoms with van der Waals surface area (Å²) in [4.78, 5) is 13.0. The molecule has 1 aliphatic heterocycles. The second kappa shape index (κ2) is 4.27. The number of likely N-dealkylation sites (tertiary alicyclic amines) is 1. The third kappa shape index (κ3) is 3.26. The maximum absolute atomic E-state index is 11.4. The number of nitrogens with two attached hydrogens (primary N) is 1. The smallest absolute Gasteiger partial charge is 0.222 e. The Morgan fingerprint density at radius 2 is 2.21 bits per heavy atom. The van der Waals surface area contributed by atoms with Crippen molar-refractivity contribution in [2.45, 2.75) is 32.2 Å². The fourth-order valence-electron chi connectivity index (χ4n) is 1.66. The molecule has 14 heavy (non-hydrogen) atoms. The zero-order valence-corrected chi connectivity index (χ0v) is 9.09. The summed E-state index contributed by atoms with van der Waals surface area (Å²) in [5.41, 5.74) is 0. The van der Waals surface area contributed by atoms with Crippen molar-refractivity contribution in [1.29, 1.82) is 0 Å². The topological polar surface area (TPSA) is 80.5 Å². The first-order chi connectivity index (χ1) is 6.40. The monoisotopic (exact) mass is 220 g/mol. The van der Waals surface area contributed by atoms with E-state index < -0.39 is 10.0 Å². The van der Waals surface area contributed by atoms with E-state index in [9.17, 15) is 13.2 Å². The van der Waals surface area contributed by atoms with E-state index >= 15 is 0 Å². The van der Waals surface area contributed by atoms with Crippen LogP contribution in [-0.4, -0.2) is 37.6 Å². The lowest BCUT2D eigenvalue weighted by Crippen LogP contribution is -2.44. The fourth-order valence-corrected chi connectivity index (χ4v) is 2.12. The van der Waals surface area contributed by atoms with Crippen molar-refractivity contribution < 1.29 is 13.2 Å². The first-order valence-corrected chi connectivity index (χ1v) is 6.41. The minimum absolute atomic E-state index is 0.0346. The summed E-state index contributed by atoms with van der Waals surface area (Å²) in [6.45, 7) is 2.15. The van der Waals surface area contributed by atoms with Crippen LogP contribution in [0.25, 0.3) is 0 Å². The number of amides is 1. The first kappa shape index (κ1) is 11.5. The lowest BCUT2D eigenvalue weighted by molar-refractivity contribution is -0.135. The molecule has 0 aromatic rings. The van der Waals surface area contributed by atoms with Crippen LogP contribution in [0.1, 0.15) is 26.2 Å². The van der Waals surface area contributed by atoms with Gasteiger partial charge in [0.25, 0.3) is 0 Å². The molecule has 2 N–H and O–H groups in total. The van der Waals surface area contributed by atoms with E-state index in [0.29, 0.717) is 6.42 Å². The van der Waals surface area contributed by atoms with E-state index in [1.807, 2.05) is 6.92 Å². The van der Waals surface area contributed by atoms with Gasteiger partial charge in [0.2, 0.25) is 15.9 Å². The Balaban J connectivity index is 2.53. The van der Waals surface area contributed by atoms with E-state index in [-0.39, 0.29) is 24.2 Å². The van der Waals surface area contributed by atoms with Crippen LogP contribution in [0.4, 0.5) is 0 Å². The molecular formula is C8H16N2O3S. The number of piperidine rings is 1. The Kier molecular flexibility index (Phi) is 3.49. The third-order valence-corrected chi connectivity index (χ3v) is 3.23. The van der Waals surface area contributed by atoms with Gasteiger partial charge in [-0.05, 0) is 19.8 Å². The highest BCUT2D eigenvalue weighted by molar-refractivity contribution is 7.89. The summed E-state index contributed by atoms with van der Waals surface area (Å²) >= 11 is 0. The number of primary sulfonamides is 1. The molecule has 1 fully saturated rings. The molecule has 0 bridgehead atoms. The van der Waals surface area contributed by atoms with Crippen molar-refractivity contribution in [2.24, 2.45) is 5.14 Å². The molecule has 1 unspecified atom stereocenters. The maximum Gasteiger partial charge on any atom is 0.222 e. The van der Waals surface area contributed by atoms with Crippen molar-refractivity contribution >= 4 is 15.9 Å². The van der Waals surface area contributed by atoms with E-state index in [4.69, 9.17) is 5.14 Å². The highest BCUT2D eigenvalue weighted by Gasteiger charge is 2.25. The van der Waals surface area contributed by atoms with Crippen LogP contribution < -0.4 is 5.14 Å². The Morgan fingerprint density at radius 1 is 1.57 bits per heavy atom. The molecule has 0 aromatic carbocycles. The molecule has 1 amide bonds. The summed E-state index contributed by atoms with van der Waals surface area (Å²) < 4.78 is 21.5. The van der Waals surface area contributed by atoms with E-state index in [1.165, 1.54) is 0 Å². The molecule has 5 nitrogen and oxygen atoms in total. The van der Waals surface area contributed by atoms with Gasteiger partial charge in [0.15, 0.2) is 0 Å². The summed E-state index contributed by atoms with van der Waals surface area (Å²) in [6.07, 6.45) is 2.36. The average molecular weight is 220 g/mol. The van der Waals surface area contributed by atoms with Crippen molar-refractivity contribution in [3.63, 3.8) is 0 Å². The number of carbonyl (C=O) groups is 1. The molecular weight excluding hydrogens is 204 g/mol. The van der Waals surface area contributed by atoms with Crippen LogP contribution in [0.2, 0.25) is 0 Å². The zero-order chi connectivity index (χ0) is 10.8. The SMILES string of the molecule is CC1CCCC(=O)N1CCS(N)(=O)=O. The summed E-state index contributed by atoms with van der Waals surface area (Å²) in [7, 11) is -3.46. The number of hydrogen-bond acceptors (Lipinski definition) is 3. The largest absolute Gasteiger partial charge is 0.339 e. The summed E-state index contributed by atoms with van der Waals surface area (Å²) in [6, 6.07) is 0.137. The number of nitrogens with zero attached hydrogens (tertiary/aromatic N) is 1. The van der Waals surface area contributed by atoms with Gasteiger partial charge in [-0.25, -0.2) is 13.6 Å². The first-order valence-electron chi connectivity index (χ1n) is 4.70. The van der Waals surface area contributed by atoms with E-state index in [2.05, 4.69) is 0 Å². The van der Waals surface area contributed by atoms with Crippen LogP contribution in [0.5, 0.6) is 0 Å². The number of rotatable bonds is 3. The molecule has 82 valence electrons. The van der Waals surface area contributed by atoms with Gasteiger partial charge in [-0.15, -0.1) is 0 Å². The highest BCUT2D eigenvalue weighted by atomic mass is 32.2. The molecule has 0 radical (unpaired) electrons. The second-order valence-electron chi connectivity index (χ2n) is 3.70. The van der Waals surface area contributed by atoms with E-state index in [1.54, 1.807) is 4.90 Å².